The summed E-state index contributed by atoms with van der Waals surface area (Å²) < 4.78 is 5.82. The number of aryl methyl sites for hydroxylation is 1. The number of nitrogens with one attached hydrogen (secondary N) is 2. The van der Waals surface area contributed by atoms with Gasteiger partial charge in [-0.05, 0) is 38.0 Å². The fraction of sp³-hybridized carbons (Fsp3) is 0.556. The van der Waals surface area contributed by atoms with E-state index in [1.807, 2.05) is 25.1 Å². The molecule has 1 saturated carbocycles. The lowest BCUT2D eigenvalue weighted by Gasteiger charge is -2.24. The molecule has 120 valence electrons. The second-order valence-corrected chi connectivity index (χ2v) is 6.38. The molecule has 0 spiro atoms. The zero-order chi connectivity index (χ0) is 15.4. The van der Waals surface area contributed by atoms with Gasteiger partial charge in [-0.2, -0.15) is 0 Å². The molecule has 22 heavy (non-hydrogen) atoms. The van der Waals surface area contributed by atoms with Crippen LogP contribution in [0.25, 0.3) is 10.9 Å². The van der Waals surface area contributed by atoms with Crippen molar-refractivity contribution in [3.8, 4) is 5.75 Å². The van der Waals surface area contributed by atoms with Gasteiger partial charge in [0.05, 0.1) is 0 Å². The fourth-order valence-electron chi connectivity index (χ4n) is 3.25. The first kappa shape index (κ1) is 15.4. The van der Waals surface area contributed by atoms with Crippen molar-refractivity contribution < 1.29 is 9.84 Å². The second kappa shape index (κ2) is 7.16. The molecule has 3 rings (SSSR count). The zero-order valence-corrected chi connectivity index (χ0v) is 13.3. The average molecular weight is 302 g/mol. The highest BCUT2D eigenvalue weighted by atomic mass is 16.5. The summed E-state index contributed by atoms with van der Waals surface area (Å²) in [6.45, 7) is 2.96. The number of aliphatic hydroxyl groups is 1. The van der Waals surface area contributed by atoms with Crippen molar-refractivity contribution in [3.05, 3.63) is 30.0 Å². The van der Waals surface area contributed by atoms with Crippen molar-refractivity contribution in [2.45, 2.75) is 51.2 Å². The molecule has 1 unspecified atom stereocenters. The molecule has 1 aliphatic carbocycles. The largest absolute Gasteiger partial charge is 0.490 e. The Bertz CT molecular complexity index is 602. The number of ether oxygens (including phenoxy) is 1. The Kier molecular flexibility index (Phi) is 5.01. The summed E-state index contributed by atoms with van der Waals surface area (Å²) in [7, 11) is 0. The van der Waals surface area contributed by atoms with E-state index in [0.717, 1.165) is 22.3 Å². The fourth-order valence-corrected chi connectivity index (χ4v) is 3.25. The molecule has 1 heterocycles. The van der Waals surface area contributed by atoms with Gasteiger partial charge in [0.2, 0.25) is 0 Å². The molecule has 3 N–H and O–H groups in total. The quantitative estimate of drug-likeness (QED) is 0.768. The zero-order valence-electron chi connectivity index (χ0n) is 13.3. The third kappa shape index (κ3) is 3.81. The van der Waals surface area contributed by atoms with E-state index in [2.05, 4.69) is 16.4 Å². The van der Waals surface area contributed by atoms with Crippen LogP contribution in [0, 0.1) is 6.92 Å². The van der Waals surface area contributed by atoms with Crippen LogP contribution in [0.1, 0.15) is 37.8 Å². The van der Waals surface area contributed by atoms with Gasteiger partial charge in [0, 0.05) is 29.2 Å². The molecule has 1 aromatic heterocycles. The van der Waals surface area contributed by atoms with Crippen molar-refractivity contribution in [1.29, 1.82) is 0 Å². The monoisotopic (exact) mass is 302 g/mol. The number of benzene rings is 1. The van der Waals surface area contributed by atoms with E-state index >= 15 is 0 Å². The molecule has 0 bridgehead atoms. The van der Waals surface area contributed by atoms with E-state index in [1.54, 1.807) is 0 Å². The number of hydrogen-bond acceptors (Lipinski definition) is 3. The second-order valence-electron chi connectivity index (χ2n) is 6.38. The maximum atomic E-state index is 10.1. The standard InChI is InChI=1S/C18H26N2O2/c1-13-10-16-17(20-13)8-5-9-18(16)22-12-15(21)11-19-14-6-3-2-4-7-14/h5,8-10,14-15,19-21H,2-4,6-7,11-12H2,1H3. The summed E-state index contributed by atoms with van der Waals surface area (Å²) in [4.78, 5) is 3.30. The predicted octanol–water partition coefficient (Wildman–Crippen LogP) is 3.14. The number of aliphatic hydroxyl groups excluding tert-OH is 1. The highest BCUT2D eigenvalue weighted by Gasteiger charge is 2.15. The molecule has 0 radical (unpaired) electrons. The Morgan fingerprint density at radius 3 is 2.95 bits per heavy atom. The van der Waals surface area contributed by atoms with Crippen molar-refractivity contribution in [1.82, 2.24) is 10.3 Å². The van der Waals surface area contributed by atoms with E-state index in [4.69, 9.17) is 4.74 Å². The average Bonchev–Trinajstić information content (AvgIpc) is 2.92. The summed E-state index contributed by atoms with van der Waals surface area (Å²) >= 11 is 0. The van der Waals surface area contributed by atoms with E-state index in [0.29, 0.717) is 19.2 Å². The van der Waals surface area contributed by atoms with E-state index in [1.165, 1.54) is 32.1 Å². The molecule has 4 heteroatoms. The number of aromatic amines is 1. The molecule has 4 nitrogen and oxygen atoms in total. The van der Waals surface area contributed by atoms with Crippen molar-refractivity contribution in [2.75, 3.05) is 13.2 Å². The van der Waals surface area contributed by atoms with E-state index in [-0.39, 0.29) is 0 Å². The number of hydrogen-bond donors (Lipinski definition) is 3. The number of aromatic nitrogens is 1. The number of H-pyrrole nitrogens is 1. The van der Waals surface area contributed by atoms with Crippen LogP contribution in [0.4, 0.5) is 0 Å². The first-order valence-electron chi connectivity index (χ1n) is 8.35. The lowest BCUT2D eigenvalue weighted by molar-refractivity contribution is 0.102. The van der Waals surface area contributed by atoms with Gasteiger partial charge >= 0.3 is 0 Å². The minimum Gasteiger partial charge on any atom is -0.490 e. The lowest BCUT2D eigenvalue weighted by Crippen LogP contribution is -2.38. The minimum absolute atomic E-state index is 0.322. The van der Waals surface area contributed by atoms with Gasteiger partial charge in [-0.25, -0.2) is 0 Å². The van der Waals surface area contributed by atoms with Crippen molar-refractivity contribution >= 4 is 10.9 Å². The Labute approximate surface area is 131 Å². The highest BCUT2D eigenvalue weighted by Crippen LogP contribution is 2.26. The summed E-state index contributed by atoms with van der Waals surface area (Å²) in [6, 6.07) is 8.62. The Hall–Kier alpha value is -1.52. The maximum Gasteiger partial charge on any atom is 0.128 e. The van der Waals surface area contributed by atoms with Crippen LogP contribution in [0.2, 0.25) is 0 Å². The van der Waals surface area contributed by atoms with Crippen LogP contribution >= 0.6 is 0 Å². The van der Waals surface area contributed by atoms with Crippen molar-refractivity contribution in [3.63, 3.8) is 0 Å². The van der Waals surface area contributed by atoms with Crippen LogP contribution in [-0.4, -0.2) is 35.4 Å². The third-order valence-electron chi connectivity index (χ3n) is 4.44. The SMILES string of the molecule is Cc1cc2c(OCC(O)CNC3CCCCC3)cccc2[nH]1. The molecular formula is C18H26N2O2. The molecule has 1 aliphatic rings. The normalized spacial score (nSPS) is 17.7. The third-order valence-corrected chi connectivity index (χ3v) is 4.44. The van der Waals surface area contributed by atoms with Gasteiger partial charge < -0.3 is 20.1 Å². The van der Waals surface area contributed by atoms with Crippen LogP contribution in [0.5, 0.6) is 5.75 Å². The van der Waals surface area contributed by atoms with Crippen LogP contribution in [0.3, 0.4) is 0 Å². The van der Waals surface area contributed by atoms with Crippen LogP contribution in [-0.2, 0) is 0 Å². The number of rotatable bonds is 6. The van der Waals surface area contributed by atoms with Crippen LogP contribution in [0.15, 0.2) is 24.3 Å². The Morgan fingerprint density at radius 1 is 1.32 bits per heavy atom. The van der Waals surface area contributed by atoms with Gasteiger partial charge in [-0.1, -0.05) is 25.3 Å². The predicted molar refractivity (Wildman–Crippen MR) is 89.4 cm³/mol. The Morgan fingerprint density at radius 2 is 2.14 bits per heavy atom. The molecule has 2 aromatic rings. The van der Waals surface area contributed by atoms with E-state index in [9.17, 15) is 5.11 Å². The molecule has 1 atom stereocenters. The first-order chi connectivity index (χ1) is 10.7. The number of fused-ring (bicyclic) bond motifs is 1. The van der Waals surface area contributed by atoms with Gasteiger partial charge in [-0.3, -0.25) is 0 Å². The molecule has 1 aromatic carbocycles. The van der Waals surface area contributed by atoms with Crippen molar-refractivity contribution in [2.24, 2.45) is 0 Å². The smallest absolute Gasteiger partial charge is 0.128 e. The molecular weight excluding hydrogens is 276 g/mol. The van der Waals surface area contributed by atoms with Gasteiger partial charge in [0.1, 0.15) is 18.5 Å². The van der Waals surface area contributed by atoms with Gasteiger partial charge in [0.25, 0.3) is 0 Å². The lowest BCUT2D eigenvalue weighted by atomic mass is 9.95. The maximum absolute atomic E-state index is 10.1. The minimum atomic E-state index is -0.475. The van der Waals surface area contributed by atoms with E-state index < -0.39 is 6.10 Å². The summed E-state index contributed by atoms with van der Waals surface area (Å²) in [5, 5.41) is 14.7. The van der Waals surface area contributed by atoms with Gasteiger partial charge in [-0.15, -0.1) is 0 Å². The summed E-state index contributed by atoms with van der Waals surface area (Å²) in [5.41, 5.74) is 2.19. The van der Waals surface area contributed by atoms with Gasteiger partial charge in [0.15, 0.2) is 0 Å². The van der Waals surface area contributed by atoms with Crippen LogP contribution < -0.4 is 10.1 Å². The molecule has 0 amide bonds. The molecule has 0 aliphatic heterocycles. The Balaban J connectivity index is 1.50. The summed E-state index contributed by atoms with van der Waals surface area (Å²) in [6.07, 6.45) is 5.95. The highest BCUT2D eigenvalue weighted by molar-refractivity contribution is 5.86. The molecule has 1 fully saturated rings. The summed E-state index contributed by atoms with van der Waals surface area (Å²) in [5.74, 6) is 0.832. The first-order valence-corrected chi connectivity index (χ1v) is 8.35. The topological polar surface area (TPSA) is 57.3 Å². The molecule has 0 saturated heterocycles.